The Balaban J connectivity index is 3.55. The molecule has 0 saturated heterocycles. The topological polar surface area (TPSA) is 9.23 Å². The molecule has 0 amide bonds. The molecule has 0 N–H and O–H groups in total. The minimum absolute atomic E-state index is 0.115. The summed E-state index contributed by atoms with van der Waals surface area (Å²) in [4.78, 5) is 0. The molecule has 0 aromatic carbocycles. The molecule has 0 aliphatic carbocycles. The fourth-order valence-electron chi connectivity index (χ4n) is 0.766. The zero-order valence-electron chi connectivity index (χ0n) is 6.23. The molecule has 0 heterocycles. The zero-order chi connectivity index (χ0) is 7.33. The summed E-state index contributed by atoms with van der Waals surface area (Å²) >= 11 is 4.44. The third-order valence-corrected chi connectivity index (χ3v) is 1.25. The van der Waals surface area contributed by atoms with E-state index in [1.807, 2.05) is 13.8 Å². The number of thiocarbonyl (C=S) groups is 1. The van der Waals surface area contributed by atoms with Crippen LogP contribution in [0.3, 0.4) is 0 Å². The van der Waals surface area contributed by atoms with Crippen molar-refractivity contribution in [1.29, 1.82) is 0 Å². The molecule has 53 valence electrons. The van der Waals surface area contributed by atoms with E-state index in [0.717, 1.165) is 12.8 Å². The summed E-state index contributed by atoms with van der Waals surface area (Å²) in [5, 5.41) is 0. The van der Waals surface area contributed by atoms with E-state index in [1.54, 1.807) is 0 Å². The maximum Gasteiger partial charge on any atom is 0.239 e. The summed E-state index contributed by atoms with van der Waals surface area (Å²) in [6.45, 7) is 6.14. The van der Waals surface area contributed by atoms with Gasteiger partial charge >= 0.3 is 0 Å². The van der Waals surface area contributed by atoms with Gasteiger partial charge < -0.3 is 4.74 Å². The number of hydrogen-bond acceptors (Lipinski definition) is 2. The average molecular weight is 145 g/mol. The smallest absolute Gasteiger partial charge is 0.239 e. The van der Waals surface area contributed by atoms with Crippen LogP contribution in [0, 0.1) is 0 Å². The Morgan fingerprint density at radius 1 is 1.56 bits per heavy atom. The fourth-order valence-corrected chi connectivity index (χ4v) is 0.991. The van der Waals surface area contributed by atoms with Crippen LogP contribution in [0.25, 0.3) is 0 Å². The van der Waals surface area contributed by atoms with E-state index in [9.17, 15) is 0 Å². The van der Waals surface area contributed by atoms with Gasteiger partial charge in [-0.2, -0.15) is 0 Å². The summed E-state index contributed by atoms with van der Waals surface area (Å²) in [5.41, 5.74) is 2.16. The van der Waals surface area contributed by atoms with Gasteiger partial charge in [0.1, 0.15) is 5.60 Å². The molecule has 0 rings (SSSR count). The largest absolute Gasteiger partial charge is 0.474 e. The van der Waals surface area contributed by atoms with Crippen molar-refractivity contribution in [3.8, 4) is 0 Å². The van der Waals surface area contributed by atoms with E-state index in [1.165, 1.54) is 0 Å². The van der Waals surface area contributed by atoms with Crippen LogP contribution in [0.5, 0.6) is 0 Å². The van der Waals surface area contributed by atoms with Crippen molar-refractivity contribution in [2.45, 2.75) is 39.2 Å². The van der Waals surface area contributed by atoms with Crippen LogP contribution in [0.4, 0.5) is 0 Å². The predicted octanol–water partition coefficient (Wildman–Crippen LogP) is 2.42. The lowest BCUT2D eigenvalue weighted by Gasteiger charge is -2.21. The van der Waals surface area contributed by atoms with Gasteiger partial charge in [-0.05, 0) is 32.5 Å². The van der Waals surface area contributed by atoms with Crippen molar-refractivity contribution in [2.75, 3.05) is 0 Å². The Hall–Kier alpha value is -0.110. The molecule has 1 radical (unpaired) electrons. The molecule has 1 nitrogen and oxygen atoms in total. The second-order valence-corrected chi connectivity index (χ2v) is 2.86. The first kappa shape index (κ1) is 8.89. The predicted molar refractivity (Wildman–Crippen MR) is 42.7 cm³/mol. The first-order chi connectivity index (χ1) is 4.12. The third-order valence-electron chi connectivity index (χ3n) is 1.17. The van der Waals surface area contributed by atoms with Crippen LogP contribution in [0.1, 0.15) is 33.6 Å². The average Bonchev–Trinajstić information content (AvgIpc) is 1.64. The van der Waals surface area contributed by atoms with Gasteiger partial charge in [0.15, 0.2) is 0 Å². The van der Waals surface area contributed by atoms with Gasteiger partial charge in [0.2, 0.25) is 5.55 Å². The van der Waals surface area contributed by atoms with Gasteiger partial charge in [0.05, 0.1) is 0 Å². The van der Waals surface area contributed by atoms with Gasteiger partial charge in [0, 0.05) is 0 Å². The standard InChI is InChI=1S/C7H13OS/c1-4-5-7(2,3)8-6-9/h4-5H2,1-3H3. The minimum Gasteiger partial charge on any atom is -0.474 e. The summed E-state index contributed by atoms with van der Waals surface area (Å²) in [7, 11) is 0. The molecular formula is C7H13OS. The lowest BCUT2D eigenvalue weighted by molar-refractivity contribution is 0.0977. The quantitative estimate of drug-likeness (QED) is 0.562. The van der Waals surface area contributed by atoms with Crippen LogP contribution in [-0.4, -0.2) is 11.2 Å². The second-order valence-electron chi connectivity index (χ2n) is 2.70. The highest BCUT2D eigenvalue weighted by atomic mass is 32.1. The summed E-state index contributed by atoms with van der Waals surface area (Å²) < 4.78 is 5.03. The van der Waals surface area contributed by atoms with E-state index in [4.69, 9.17) is 4.74 Å². The van der Waals surface area contributed by atoms with Gasteiger partial charge in [-0.25, -0.2) is 0 Å². The van der Waals surface area contributed by atoms with Crippen LogP contribution >= 0.6 is 12.2 Å². The minimum atomic E-state index is -0.115. The first-order valence-electron chi connectivity index (χ1n) is 3.17. The van der Waals surface area contributed by atoms with E-state index in [2.05, 4.69) is 24.7 Å². The van der Waals surface area contributed by atoms with Gasteiger partial charge in [-0.1, -0.05) is 13.3 Å². The number of ether oxygens (including phenoxy) is 1. The highest BCUT2D eigenvalue weighted by molar-refractivity contribution is 7.78. The van der Waals surface area contributed by atoms with Crippen molar-refractivity contribution >= 4 is 17.8 Å². The molecule has 0 aliphatic rings. The fraction of sp³-hybridized carbons (Fsp3) is 0.857. The van der Waals surface area contributed by atoms with Gasteiger partial charge in [0.25, 0.3) is 0 Å². The first-order valence-corrected chi connectivity index (χ1v) is 3.58. The Kier molecular flexibility index (Phi) is 3.78. The van der Waals surface area contributed by atoms with E-state index in [-0.39, 0.29) is 5.60 Å². The highest BCUT2D eigenvalue weighted by Gasteiger charge is 2.15. The van der Waals surface area contributed by atoms with Crippen LogP contribution in [-0.2, 0) is 4.74 Å². The molecule has 0 bridgehead atoms. The molecule has 0 aromatic rings. The molecule has 0 aliphatic heterocycles. The van der Waals surface area contributed by atoms with Crippen molar-refractivity contribution in [3.05, 3.63) is 0 Å². The van der Waals surface area contributed by atoms with E-state index in [0.29, 0.717) is 0 Å². The Morgan fingerprint density at radius 2 is 2.11 bits per heavy atom. The molecule has 0 atom stereocenters. The van der Waals surface area contributed by atoms with Crippen molar-refractivity contribution in [2.24, 2.45) is 0 Å². The molecule has 0 fully saturated rings. The molecule has 0 saturated carbocycles. The summed E-state index contributed by atoms with van der Waals surface area (Å²) in [6, 6.07) is 0. The second kappa shape index (κ2) is 3.83. The molecule has 9 heavy (non-hydrogen) atoms. The molecule has 0 unspecified atom stereocenters. The van der Waals surface area contributed by atoms with Crippen LogP contribution in [0.2, 0.25) is 0 Å². The normalized spacial score (nSPS) is 11.0. The highest BCUT2D eigenvalue weighted by Crippen LogP contribution is 2.14. The summed E-state index contributed by atoms with van der Waals surface area (Å²) in [5.74, 6) is 0. The molecule has 0 spiro atoms. The lowest BCUT2D eigenvalue weighted by Crippen LogP contribution is -2.22. The number of hydrogen-bond donors (Lipinski definition) is 0. The van der Waals surface area contributed by atoms with E-state index < -0.39 is 0 Å². The molecular weight excluding hydrogens is 132 g/mol. The molecule has 0 aromatic heterocycles. The third kappa shape index (κ3) is 4.40. The Morgan fingerprint density at radius 3 is 2.44 bits per heavy atom. The van der Waals surface area contributed by atoms with Crippen LogP contribution < -0.4 is 0 Å². The Bertz CT molecular complexity index is 88.9. The number of rotatable bonds is 4. The van der Waals surface area contributed by atoms with E-state index >= 15 is 0 Å². The SMILES string of the molecule is CCCC(C)(C)O[C]=S. The van der Waals surface area contributed by atoms with Crippen molar-refractivity contribution in [1.82, 2.24) is 0 Å². The van der Waals surface area contributed by atoms with Crippen molar-refractivity contribution < 1.29 is 4.74 Å². The molecule has 2 heteroatoms. The maximum absolute atomic E-state index is 5.03. The lowest BCUT2D eigenvalue weighted by atomic mass is 10.0. The monoisotopic (exact) mass is 145 g/mol. The van der Waals surface area contributed by atoms with Crippen molar-refractivity contribution in [3.63, 3.8) is 0 Å². The van der Waals surface area contributed by atoms with Gasteiger partial charge in [-0.3, -0.25) is 0 Å². The van der Waals surface area contributed by atoms with Gasteiger partial charge in [-0.15, -0.1) is 0 Å². The van der Waals surface area contributed by atoms with Crippen LogP contribution in [0.15, 0.2) is 0 Å². The maximum atomic E-state index is 5.03. The Labute approximate surface area is 62.4 Å². The summed E-state index contributed by atoms with van der Waals surface area (Å²) in [6.07, 6.45) is 2.14. The zero-order valence-corrected chi connectivity index (χ0v) is 7.05.